The number of halogens is 2. The molecular weight excluding hydrogens is 307 g/mol. The molecule has 0 aliphatic carbocycles. The second kappa shape index (κ2) is 6.63. The predicted molar refractivity (Wildman–Crippen MR) is 86.8 cm³/mol. The van der Waals surface area contributed by atoms with E-state index in [0.717, 1.165) is 34.6 Å². The Morgan fingerprint density at radius 1 is 1.05 bits per heavy atom. The molecule has 1 heterocycles. The van der Waals surface area contributed by atoms with Crippen LogP contribution in [0.2, 0.25) is 10.2 Å². The molecule has 2 rings (SSSR count). The Morgan fingerprint density at radius 2 is 1.67 bits per heavy atom. The van der Waals surface area contributed by atoms with Gasteiger partial charge in [-0.2, -0.15) is 4.98 Å². The van der Waals surface area contributed by atoms with Gasteiger partial charge in [0.05, 0.1) is 0 Å². The quantitative estimate of drug-likeness (QED) is 0.701. The standard InChI is InChI=1S/C16H18Cl2N2O/c1-5-6-13-19-15(18)11(4)16(20-13)21-12-7-9(2)14(17)10(3)8-12/h7-8H,5-6H2,1-4H3. The molecule has 0 spiro atoms. The summed E-state index contributed by atoms with van der Waals surface area (Å²) >= 11 is 12.3. The highest BCUT2D eigenvalue weighted by molar-refractivity contribution is 6.32. The Kier molecular flexibility index (Phi) is 5.07. The van der Waals surface area contributed by atoms with Crippen molar-refractivity contribution in [3.05, 3.63) is 44.8 Å². The molecule has 0 N–H and O–H groups in total. The molecule has 0 saturated heterocycles. The summed E-state index contributed by atoms with van der Waals surface area (Å²) in [7, 11) is 0. The first-order valence-corrected chi connectivity index (χ1v) is 7.65. The fourth-order valence-corrected chi connectivity index (χ4v) is 2.31. The summed E-state index contributed by atoms with van der Waals surface area (Å²) in [5.74, 6) is 1.90. The molecule has 112 valence electrons. The molecule has 1 aromatic heterocycles. The van der Waals surface area contributed by atoms with E-state index in [1.54, 1.807) is 0 Å². The van der Waals surface area contributed by atoms with Crippen LogP contribution in [0.25, 0.3) is 0 Å². The highest BCUT2D eigenvalue weighted by atomic mass is 35.5. The summed E-state index contributed by atoms with van der Waals surface area (Å²) < 4.78 is 5.90. The van der Waals surface area contributed by atoms with E-state index in [2.05, 4.69) is 16.9 Å². The van der Waals surface area contributed by atoms with Crippen molar-refractivity contribution in [1.29, 1.82) is 0 Å². The minimum Gasteiger partial charge on any atom is -0.439 e. The van der Waals surface area contributed by atoms with Crippen LogP contribution in [-0.2, 0) is 6.42 Å². The molecule has 21 heavy (non-hydrogen) atoms. The topological polar surface area (TPSA) is 35.0 Å². The van der Waals surface area contributed by atoms with Gasteiger partial charge in [0, 0.05) is 17.0 Å². The van der Waals surface area contributed by atoms with Crippen LogP contribution < -0.4 is 4.74 Å². The summed E-state index contributed by atoms with van der Waals surface area (Å²) in [5, 5.41) is 1.19. The van der Waals surface area contributed by atoms with Crippen LogP contribution >= 0.6 is 23.2 Å². The van der Waals surface area contributed by atoms with Gasteiger partial charge in [0.1, 0.15) is 16.7 Å². The van der Waals surface area contributed by atoms with Crippen LogP contribution in [0.4, 0.5) is 0 Å². The lowest BCUT2D eigenvalue weighted by atomic mass is 10.1. The normalized spacial score (nSPS) is 10.8. The number of hydrogen-bond acceptors (Lipinski definition) is 3. The zero-order valence-corrected chi connectivity index (χ0v) is 14.1. The maximum absolute atomic E-state index is 6.17. The van der Waals surface area contributed by atoms with E-state index >= 15 is 0 Å². The third-order valence-electron chi connectivity index (χ3n) is 3.19. The third kappa shape index (κ3) is 3.66. The zero-order valence-electron chi connectivity index (χ0n) is 12.6. The molecule has 0 fully saturated rings. The van der Waals surface area contributed by atoms with Gasteiger partial charge in [0.15, 0.2) is 0 Å². The van der Waals surface area contributed by atoms with Gasteiger partial charge >= 0.3 is 0 Å². The first-order chi connectivity index (χ1) is 9.92. The monoisotopic (exact) mass is 324 g/mol. The molecule has 0 aliphatic rings. The lowest BCUT2D eigenvalue weighted by Gasteiger charge is -2.12. The van der Waals surface area contributed by atoms with Gasteiger partial charge in [0.2, 0.25) is 5.88 Å². The van der Waals surface area contributed by atoms with E-state index < -0.39 is 0 Å². The van der Waals surface area contributed by atoms with Crippen molar-refractivity contribution >= 4 is 23.2 Å². The van der Waals surface area contributed by atoms with Crippen molar-refractivity contribution in [3.8, 4) is 11.6 Å². The molecule has 0 aliphatic heterocycles. The molecule has 0 unspecified atom stereocenters. The van der Waals surface area contributed by atoms with E-state index in [9.17, 15) is 0 Å². The molecule has 0 radical (unpaired) electrons. The minimum absolute atomic E-state index is 0.436. The van der Waals surface area contributed by atoms with Gasteiger partial charge in [0.25, 0.3) is 0 Å². The van der Waals surface area contributed by atoms with Crippen LogP contribution in [0.5, 0.6) is 11.6 Å². The first kappa shape index (κ1) is 16.1. The van der Waals surface area contributed by atoms with Gasteiger partial charge in [-0.1, -0.05) is 30.1 Å². The molecule has 2 aromatic rings. The van der Waals surface area contributed by atoms with Crippen LogP contribution in [0, 0.1) is 20.8 Å². The summed E-state index contributed by atoms with van der Waals surface area (Å²) in [4.78, 5) is 8.72. The smallest absolute Gasteiger partial charge is 0.226 e. The van der Waals surface area contributed by atoms with Crippen molar-refractivity contribution < 1.29 is 4.74 Å². The average Bonchev–Trinajstić information content (AvgIpc) is 2.42. The lowest BCUT2D eigenvalue weighted by Crippen LogP contribution is -2.01. The molecular formula is C16H18Cl2N2O. The second-order valence-electron chi connectivity index (χ2n) is 5.08. The fraction of sp³-hybridized carbons (Fsp3) is 0.375. The van der Waals surface area contributed by atoms with Crippen molar-refractivity contribution in [3.63, 3.8) is 0 Å². The minimum atomic E-state index is 0.436. The Labute approximate surface area is 135 Å². The highest BCUT2D eigenvalue weighted by Crippen LogP contribution is 2.31. The average molecular weight is 325 g/mol. The number of rotatable bonds is 4. The fourth-order valence-electron chi connectivity index (χ4n) is 2.02. The Bertz CT molecular complexity index is 649. The highest BCUT2D eigenvalue weighted by Gasteiger charge is 2.12. The summed E-state index contributed by atoms with van der Waals surface area (Å²) in [6.45, 7) is 7.82. The van der Waals surface area contributed by atoms with Gasteiger partial charge in [-0.05, 0) is 50.5 Å². The number of ether oxygens (including phenoxy) is 1. The van der Waals surface area contributed by atoms with Crippen LogP contribution in [0.15, 0.2) is 12.1 Å². The second-order valence-corrected chi connectivity index (χ2v) is 5.82. The Balaban J connectivity index is 2.39. The number of benzene rings is 1. The lowest BCUT2D eigenvalue weighted by molar-refractivity contribution is 0.453. The number of nitrogens with zero attached hydrogens (tertiary/aromatic N) is 2. The third-order valence-corrected chi connectivity index (χ3v) is 4.15. The zero-order chi connectivity index (χ0) is 15.6. The van der Waals surface area contributed by atoms with Gasteiger partial charge in [-0.15, -0.1) is 0 Å². The van der Waals surface area contributed by atoms with Crippen LogP contribution in [0.3, 0.4) is 0 Å². The molecule has 3 nitrogen and oxygen atoms in total. The maximum Gasteiger partial charge on any atom is 0.226 e. The van der Waals surface area contributed by atoms with Crippen molar-refractivity contribution in [2.75, 3.05) is 0 Å². The van der Waals surface area contributed by atoms with Crippen LogP contribution in [-0.4, -0.2) is 9.97 Å². The predicted octanol–water partition coefficient (Wildman–Crippen LogP) is 5.45. The summed E-state index contributed by atoms with van der Waals surface area (Å²) in [6.07, 6.45) is 1.73. The SMILES string of the molecule is CCCc1nc(Cl)c(C)c(Oc2cc(C)c(Cl)c(C)c2)n1. The Hall–Kier alpha value is -1.32. The Morgan fingerprint density at radius 3 is 2.24 bits per heavy atom. The van der Waals surface area contributed by atoms with E-state index in [-0.39, 0.29) is 0 Å². The van der Waals surface area contributed by atoms with Crippen molar-refractivity contribution in [2.45, 2.75) is 40.5 Å². The first-order valence-electron chi connectivity index (χ1n) is 6.90. The molecule has 0 saturated carbocycles. The van der Waals surface area contributed by atoms with E-state index in [4.69, 9.17) is 27.9 Å². The maximum atomic E-state index is 6.17. The van der Waals surface area contributed by atoms with E-state index in [0.29, 0.717) is 22.6 Å². The summed E-state index contributed by atoms with van der Waals surface area (Å²) in [6, 6.07) is 3.79. The van der Waals surface area contributed by atoms with E-state index in [1.165, 1.54) is 0 Å². The van der Waals surface area contributed by atoms with Crippen molar-refractivity contribution in [2.24, 2.45) is 0 Å². The molecule has 1 aromatic carbocycles. The molecule has 0 bridgehead atoms. The van der Waals surface area contributed by atoms with Gasteiger partial charge in [-0.3, -0.25) is 0 Å². The largest absolute Gasteiger partial charge is 0.439 e. The van der Waals surface area contributed by atoms with E-state index in [1.807, 2.05) is 32.9 Å². The number of aromatic nitrogens is 2. The molecule has 0 amide bonds. The summed E-state index contributed by atoms with van der Waals surface area (Å²) in [5.41, 5.74) is 2.68. The number of hydrogen-bond donors (Lipinski definition) is 0. The number of aryl methyl sites for hydroxylation is 3. The molecule has 5 heteroatoms. The van der Waals surface area contributed by atoms with Crippen LogP contribution in [0.1, 0.15) is 35.9 Å². The van der Waals surface area contributed by atoms with Gasteiger partial charge in [-0.25, -0.2) is 4.98 Å². The molecule has 0 atom stereocenters. The van der Waals surface area contributed by atoms with Gasteiger partial charge < -0.3 is 4.74 Å². The van der Waals surface area contributed by atoms with Crippen molar-refractivity contribution in [1.82, 2.24) is 9.97 Å².